The Labute approximate surface area is 126 Å². The number of rotatable bonds is 5. The van der Waals surface area contributed by atoms with E-state index < -0.39 is 4.92 Å². The van der Waals surface area contributed by atoms with E-state index in [1.54, 1.807) is 0 Å². The summed E-state index contributed by atoms with van der Waals surface area (Å²) in [5.74, 6) is 0.0532. The van der Waals surface area contributed by atoms with Crippen LogP contribution in [0.4, 0.5) is 5.69 Å². The molecule has 2 rings (SSSR count). The van der Waals surface area contributed by atoms with Gasteiger partial charge in [0.05, 0.1) is 10.4 Å². The second-order valence-electron chi connectivity index (χ2n) is 5.46. The van der Waals surface area contributed by atoms with Gasteiger partial charge in [-0.2, -0.15) is 0 Å². The van der Waals surface area contributed by atoms with Crippen molar-refractivity contribution in [3.05, 3.63) is 50.8 Å². The maximum atomic E-state index is 12.0. The molecule has 0 aliphatic rings. The summed E-state index contributed by atoms with van der Waals surface area (Å²) in [5, 5.41) is 14.1. The molecule has 116 valence electrons. The van der Waals surface area contributed by atoms with Crippen molar-refractivity contribution in [2.75, 3.05) is 6.54 Å². The highest BCUT2D eigenvalue weighted by atomic mass is 16.6. The van der Waals surface area contributed by atoms with Crippen molar-refractivity contribution in [1.29, 1.82) is 0 Å². The Balaban J connectivity index is 2.36. The molecule has 22 heavy (non-hydrogen) atoms. The van der Waals surface area contributed by atoms with Gasteiger partial charge in [-0.1, -0.05) is 13.8 Å². The van der Waals surface area contributed by atoms with Crippen LogP contribution in [0.2, 0.25) is 0 Å². The number of carbonyl (C=O) groups excluding carboxylic acids is 1. The van der Waals surface area contributed by atoms with Crippen LogP contribution in [-0.4, -0.2) is 21.9 Å². The second kappa shape index (κ2) is 6.38. The van der Waals surface area contributed by atoms with Gasteiger partial charge < -0.3 is 5.32 Å². The molecule has 1 aromatic carbocycles. The fourth-order valence-corrected chi connectivity index (χ4v) is 2.09. The minimum Gasteiger partial charge on any atom is -0.354 e. The third kappa shape index (κ3) is 3.49. The summed E-state index contributed by atoms with van der Waals surface area (Å²) in [5.41, 5.74) is 0.126. The standard InChI is InChI=1S/C15H17N3O4/c1-10(2)8-16-14(19)9-17-13-5-4-12(18(21)22)7-11(13)3-6-15(17)20/h3-7,10H,8-9H2,1-2H3,(H,16,19). The van der Waals surface area contributed by atoms with Crippen LogP contribution in [0.1, 0.15) is 13.8 Å². The largest absolute Gasteiger partial charge is 0.354 e. The maximum Gasteiger partial charge on any atom is 0.270 e. The van der Waals surface area contributed by atoms with Crippen LogP contribution in [0.5, 0.6) is 0 Å². The number of hydrogen-bond donors (Lipinski definition) is 1. The van der Waals surface area contributed by atoms with E-state index >= 15 is 0 Å². The third-order valence-electron chi connectivity index (χ3n) is 3.19. The zero-order valence-corrected chi connectivity index (χ0v) is 12.4. The molecule has 0 saturated carbocycles. The molecule has 2 aromatic rings. The Hall–Kier alpha value is -2.70. The SMILES string of the molecule is CC(C)CNC(=O)Cn1c(=O)ccc2cc([N+](=O)[O-])ccc21. The van der Waals surface area contributed by atoms with E-state index in [1.165, 1.54) is 34.9 Å². The van der Waals surface area contributed by atoms with Gasteiger partial charge in [0, 0.05) is 30.1 Å². The number of nitro groups is 1. The minimum absolute atomic E-state index is 0.0537. The number of non-ortho nitro benzene ring substituents is 1. The van der Waals surface area contributed by atoms with Gasteiger partial charge in [-0.25, -0.2) is 0 Å². The monoisotopic (exact) mass is 303 g/mol. The van der Waals surface area contributed by atoms with Gasteiger partial charge in [-0.3, -0.25) is 24.3 Å². The predicted octanol–water partition coefficient (Wildman–Crippen LogP) is 1.68. The Morgan fingerprint density at radius 2 is 2.05 bits per heavy atom. The normalized spacial score (nSPS) is 10.9. The molecule has 1 aromatic heterocycles. The number of hydrogen-bond acceptors (Lipinski definition) is 4. The number of nitrogens with zero attached hydrogens (tertiary/aromatic N) is 2. The molecule has 0 saturated heterocycles. The first-order valence-electron chi connectivity index (χ1n) is 6.93. The fraction of sp³-hybridized carbons (Fsp3) is 0.333. The average molecular weight is 303 g/mol. The van der Waals surface area contributed by atoms with Crippen LogP contribution in [0.25, 0.3) is 10.9 Å². The van der Waals surface area contributed by atoms with Crippen molar-refractivity contribution in [2.45, 2.75) is 20.4 Å². The van der Waals surface area contributed by atoms with Crippen LogP contribution in [0.3, 0.4) is 0 Å². The first-order chi connectivity index (χ1) is 10.4. The van der Waals surface area contributed by atoms with E-state index in [9.17, 15) is 19.7 Å². The van der Waals surface area contributed by atoms with E-state index in [1.807, 2.05) is 13.8 Å². The summed E-state index contributed by atoms with van der Waals surface area (Å²) in [7, 11) is 0. The number of benzene rings is 1. The third-order valence-corrected chi connectivity index (χ3v) is 3.19. The van der Waals surface area contributed by atoms with Gasteiger partial charge in [-0.15, -0.1) is 0 Å². The van der Waals surface area contributed by atoms with E-state index in [0.717, 1.165) is 0 Å². The van der Waals surface area contributed by atoms with Crippen molar-refractivity contribution in [2.24, 2.45) is 5.92 Å². The van der Waals surface area contributed by atoms with Gasteiger partial charge >= 0.3 is 0 Å². The van der Waals surface area contributed by atoms with Crippen molar-refractivity contribution in [3.8, 4) is 0 Å². The van der Waals surface area contributed by atoms with Crippen molar-refractivity contribution in [3.63, 3.8) is 0 Å². The highest BCUT2D eigenvalue weighted by Crippen LogP contribution is 2.19. The van der Waals surface area contributed by atoms with Crippen LogP contribution in [-0.2, 0) is 11.3 Å². The predicted molar refractivity (Wildman–Crippen MR) is 82.7 cm³/mol. The number of amides is 1. The lowest BCUT2D eigenvalue weighted by molar-refractivity contribution is -0.384. The lowest BCUT2D eigenvalue weighted by Gasteiger charge is -2.11. The topological polar surface area (TPSA) is 94.2 Å². The van der Waals surface area contributed by atoms with Gasteiger partial charge in [0.1, 0.15) is 6.54 Å². The summed E-state index contributed by atoms with van der Waals surface area (Å²) in [6, 6.07) is 7.03. The van der Waals surface area contributed by atoms with Crippen molar-refractivity contribution >= 4 is 22.5 Å². The average Bonchev–Trinajstić information content (AvgIpc) is 2.47. The molecule has 0 fully saturated rings. The molecule has 1 amide bonds. The lowest BCUT2D eigenvalue weighted by atomic mass is 10.2. The van der Waals surface area contributed by atoms with Gasteiger partial charge in [0.25, 0.3) is 11.2 Å². The Morgan fingerprint density at radius 1 is 1.32 bits per heavy atom. The van der Waals surface area contributed by atoms with Crippen LogP contribution in [0, 0.1) is 16.0 Å². The summed E-state index contributed by atoms with van der Waals surface area (Å²) >= 11 is 0. The van der Waals surface area contributed by atoms with Crippen LogP contribution in [0.15, 0.2) is 35.1 Å². The van der Waals surface area contributed by atoms with Gasteiger partial charge in [-0.05, 0) is 18.1 Å². The Bertz CT molecular complexity index is 780. The molecular weight excluding hydrogens is 286 g/mol. The van der Waals surface area contributed by atoms with E-state index in [-0.39, 0.29) is 23.7 Å². The maximum absolute atomic E-state index is 12.0. The highest BCUT2D eigenvalue weighted by molar-refractivity contribution is 5.83. The number of nitro benzene ring substituents is 1. The number of fused-ring (bicyclic) bond motifs is 1. The zero-order chi connectivity index (χ0) is 16.3. The number of carbonyl (C=O) groups is 1. The first kappa shape index (κ1) is 15.7. The molecule has 7 heteroatoms. The molecule has 0 bridgehead atoms. The quantitative estimate of drug-likeness (QED) is 0.671. The smallest absolute Gasteiger partial charge is 0.270 e. The number of nitrogens with one attached hydrogen (secondary N) is 1. The minimum atomic E-state index is -0.496. The van der Waals surface area contributed by atoms with Crippen LogP contribution >= 0.6 is 0 Å². The highest BCUT2D eigenvalue weighted by Gasteiger charge is 2.11. The molecule has 1 heterocycles. The van der Waals surface area contributed by atoms with E-state index in [2.05, 4.69) is 5.32 Å². The van der Waals surface area contributed by atoms with E-state index in [4.69, 9.17) is 0 Å². The molecule has 0 aliphatic heterocycles. The molecule has 0 aliphatic carbocycles. The molecule has 7 nitrogen and oxygen atoms in total. The number of pyridine rings is 1. The second-order valence-corrected chi connectivity index (χ2v) is 5.46. The van der Waals surface area contributed by atoms with Gasteiger partial charge in [0.2, 0.25) is 5.91 Å². The molecule has 0 unspecified atom stereocenters. The lowest BCUT2D eigenvalue weighted by Crippen LogP contribution is -2.34. The summed E-state index contributed by atoms with van der Waals surface area (Å²) in [6.45, 7) is 4.37. The molecule has 0 spiro atoms. The number of aromatic nitrogens is 1. The summed E-state index contributed by atoms with van der Waals surface area (Å²) < 4.78 is 1.31. The van der Waals surface area contributed by atoms with Crippen molar-refractivity contribution in [1.82, 2.24) is 9.88 Å². The zero-order valence-electron chi connectivity index (χ0n) is 12.4. The molecular formula is C15H17N3O4. The van der Waals surface area contributed by atoms with Gasteiger partial charge in [0.15, 0.2) is 0 Å². The molecule has 1 N–H and O–H groups in total. The Morgan fingerprint density at radius 3 is 2.68 bits per heavy atom. The first-order valence-corrected chi connectivity index (χ1v) is 6.93. The van der Waals surface area contributed by atoms with E-state index in [0.29, 0.717) is 23.4 Å². The molecule has 0 atom stereocenters. The molecule has 0 radical (unpaired) electrons. The Kier molecular flexibility index (Phi) is 4.55. The fourth-order valence-electron chi connectivity index (χ4n) is 2.09. The summed E-state index contributed by atoms with van der Waals surface area (Å²) in [6.07, 6.45) is 0. The van der Waals surface area contributed by atoms with Crippen LogP contribution < -0.4 is 10.9 Å². The summed E-state index contributed by atoms with van der Waals surface area (Å²) in [4.78, 5) is 34.2. The van der Waals surface area contributed by atoms with Crippen molar-refractivity contribution < 1.29 is 9.72 Å².